The molecular weight excluding hydrogens is 342 g/mol. The van der Waals surface area contributed by atoms with E-state index in [4.69, 9.17) is 0 Å². The smallest absolute Gasteiger partial charge is 0.236 e. The zero-order valence-corrected chi connectivity index (χ0v) is 12.9. The van der Waals surface area contributed by atoms with Gasteiger partial charge in [0.05, 0.1) is 15.4 Å². The highest BCUT2D eigenvalue weighted by Gasteiger charge is 2.22. The van der Waals surface area contributed by atoms with Crippen molar-refractivity contribution in [3.8, 4) is 0 Å². The molecule has 8 heteroatoms. The standard InChI is InChI=1S/C11H15BrF2N2O2S/c1-3-15-6-7(2)19(17,18)16-11-4-8(12)9(13)5-10(11)14/h4-5,7,15-16H,3,6H2,1-2H3. The topological polar surface area (TPSA) is 58.2 Å². The van der Waals surface area contributed by atoms with Crippen LogP contribution in [0.15, 0.2) is 16.6 Å². The molecule has 1 aromatic carbocycles. The van der Waals surface area contributed by atoms with Gasteiger partial charge >= 0.3 is 0 Å². The zero-order valence-electron chi connectivity index (χ0n) is 10.5. The van der Waals surface area contributed by atoms with Crippen molar-refractivity contribution >= 4 is 31.6 Å². The molecule has 1 aromatic rings. The molecule has 0 bridgehead atoms. The first kappa shape index (κ1) is 16.3. The Morgan fingerprint density at radius 1 is 1.32 bits per heavy atom. The van der Waals surface area contributed by atoms with Crippen LogP contribution in [0, 0.1) is 11.6 Å². The van der Waals surface area contributed by atoms with Crippen LogP contribution in [0.2, 0.25) is 0 Å². The molecule has 0 spiro atoms. The van der Waals surface area contributed by atoms with Gasteiger partial charge in [-0.3, -0.25) is 4.72 Å². The quantitative estimate of drug-likeness (QED) is 0.769. The van der Waals surface area contributed by atoms with E-state index in [2.05, 4.69) is 26.0 Å². The highest BCUT2D eigenvalue weighted by atomic mass is 79.9. The Kier molecular flexibility index (Phi) is 5.69. The Morgan fingerprint density at radius 3 is 2.53 bits per heavy atom. The van der Waals surface area contributed by atoms with Crippen LogP contribution in [0.25, 0.3) is 0 Å². The predicted molar refractivity (Wildman–Crippen MR) is 74.6 cm³/mol. The minimum absolute atomic E-state index is 0.00839. The first-order chi connectivity index (χ1) is 8.77. The first-order valence-corrected chi connectivity index (χ1v) is 7.98. The van der Waals surface area contributed by atoms with E-state index in [0.717, 1.165) is 6.07 Å². The molecule has 0 saturated heterocycles. The van der Waals surface area contributed by atoms with Gasteiger partial charge in [0.25, 0.3) is 0 Å². The third kappa shape index (κ3) is 4.39. The summed E-state index contributed by atoms with van der Waals surface area (Å²) in [5, 5.41) is 2.15. The Balaban J connectivity index is 2.92. The van der Waals surface area contributed by atoms with Gasteiger partial charge in [0.2, 0.25) is 10.0 Å². The van der Waals surface area contributed by atoms with E-state index in [1.54, 1.807) is 0 Å². The second-order valence-electron chi connectivity index (χ2n) is 4.01. The van der Waals surface area contributed by atoms with Gasteiger partial charge in [0, 0.05) is 12.6 Å². The molecule has 1 rings (SSSR count). The van der Waals surface area contributed by atoms with Crippen molar-refractivity contribution in [3.63, 3.8) is 0 Å². The van der Waals surface area contributed by atoms with E-state index in [9.17, 15) is 17.2 Å². The van der Waals surface area contributed by atoms with E-state index in [0.29, 0.717) is 12.6 Å². The summed E-state index contributed by atoms with van der Waals surface area (Å²) >= 11 is 2.88. The molecule has 0 heterocycles. The van der Waals surface area contributed by atoms with E-state index < -0.39 is 26.9 Å². The maximum atomic E-state index is 13.5. The lowest BCUT2D eigenvalue weighted by molar-refractivity contribution is 0.572. The minimum Gasteiger partial charge on any atom is -0.316 e. The van der Waals surface area contributed by atoms with Crippen LogP contribution in [0.3, 0.4) is 0 Å². The minimum atomic E-state index is -3.73. The van der Waals surface area contributed by atoms with Crippen LogP contribution >= 0.6 is 15.9 Å². The first-order valence-electron chi connectivity index (χ1n) is 5.64. The van der Waals surface area contributed by atoms with Gasteiger partial charge in [-0.05, 0) is 35.5 Å². The monoisotopic (exact) mass is 356 g/mol. The molecule has 0 fully saturated rings. The molecule has 1 unspecified atom stereocenters. The van der Waals surface area contributed by atoms with E-state index >= 15 is 0 Å². The number of benzene rings is 1. The fourth-order valence-corrected chi connectivity index (χ4v) is 2.66. The number of anilines is 1. The second kappa shape index (κ2) is 6.62. The maximum Gasteiger partial charge on any atom is 0.236 e. The molecule has 2 N–H and O–H groups in total. The zero-order chi connectivity index (χ0) is 14.6. The molecule has 1 atom stereocenters. The summed E-state index contributed by atoms with van der Waals surface area (Å²) in [6.45, 7) is 4.23. The van der Waals surface area contributed by atoms with Crippen molar-refractivity contribution in [1.82, 2.24) is 5.32 Å². The van der Waals surface area contributed by atoms with Crippen molar-refractivity contribution in [1.29, 1.82) is 0 Å². The van der Waals surface area contributed by atoms with Crippen molar-refractivity contribution in [2.24, 2.45) is 0 Å². The molecule has 108 valence electrons. The average Bonchev–Trinajstić information content (AvgIpc) is 2.32. The second-order valence-corrected chi connectivity index (χ2v) is 6.96. The number of rotatable bonds is 6. The molecule has 0 saturated carbocycles. The van der Waals surface area contributed by atoms with Crippen molar-refractivity contribution in [2.45, 2.75) is 19.1 Å². The Labute approximate surface area is 119 Å². The van der Waals surface area contributed by atoms with Gasteiger partial charge in [0.15, 0.2) is 0 Å². The number of sulfonamides is 1. The molecule has 0 radical (unpaired) electrons. The van der Waals surface area contributed by atoms with E-state index in [1.165, 1.54) is 6.92 Å². The van der Waals surface area contributed by atoms with E-state index in [-0.39, 0.29) is 16.7 Å². The lowest BCUT2D eigenvalue weighted by atomic mass is 10.3. The van der Waals surface area contributed by atoms with Crippen molar-refractivity contribution in [3.05, 3.63) is 28.2 Å². The molecule has 0 amide bonds. The van der Waals surface area contributed by atoms with Gasteiger partial charge in [-0.1, -0.05) is 6.92 Å². The van der Waals surface area contributed by atoms with Crippen LogP contribution in [-0.2, 0) is 10.0 Å². The fourth-order valence-electron chi connectivity index (χ4n) is 1.31. The van der Waals surface area contributed by atoms with Crippen LogP contribution in [0.4, 0.5) is 14.5 Å². The predicted octanol–water partition coefficient (Wildman–Crippen LogP) is 2.47. The summed E-state index contributed by atoms with van der Waals surface area (Å²) in [4.78, 5) is 0. The summed E-state index contributed by atoms with van der Waals surface area (Å²) < 4.78 is 52.5. The summed E-state index contributed by atoms with van der Waals surface area (Å²) in [7, 11) is -3.73. The Bertz CT molecular complexity index is 552. The van der Waals surface area contributed by atoms with Gasteiger partial charge < -0.3 is 5.32 Å². The Morgan fingerprint density at radius 2 is 1.95 bits per heavy atom. The van der Waals surface area contributed by atoms with Crippen molar-refractivity contribution < 1.29 is 17.2 Å². The highest BCUT2D eigenvalue weighted by Crippen LogP contribution is 2.24. The molecule has 0 aliphatic carbocycles. The average molecular weight is 357 g/mol. The SMILES string of the molecule is CCNCC(C)S(=O)(=O)Nc1cc(Br)c(F)cc1F. The normalized spacial score (nSPS) is 13.3. The molecular formula is C11H15BrF2N2O2S. The maximum absolute atomic E-state index is 13.5. The molecule has 0 aliphatic heterocycles. The Hall–Kier alpha value is -0.730. The molecule has 4 nitrogen and oxygen atoms in total. The number of hydrogen-bond donors (Lipinski definition) is 2. The van der Waals surface area contributed by atoms with Gasteiger partial charge in [-0.2, -0.15) is 0 Å². The van der Waals surface area contributed by atoms with Crippen LogP contribution in [0.1, 0.15) is 13.8 Å². The third-order valence-corrected chi connectivity index (χ3v) is 4.81. The van der Waals surface area contributed by atoms with Gasteiger partial charge in [-0.25, -0.2) is 17.2 Å². The van der Waals surface area contributed by atoms with Gasteiger partial charge in [-0.15, -0.1) is 0 Å². The van der Waals surface area contributed by atoms with Crippen LogP contribution in [-0.4, -0.2) is 26.8 Å². The molecule has 19 heavy (non-hydrogen) atoms. The summed E-state index contributed by atoms with van der Waals surface area (Å²) in [6, 6.07) is 1.68. The van der Waals surface area contributed by atoms with Crippen LogP contribution < -0.4 is 10.0 Å². The third-order valence-electron chi connectivity index (χ3n) is 2.47. The largest absolute Gasteiger partial charge is 0.316 e. The lowest BCUT2D eigenvalue weighted by Gasteiger charge is -2.15. The summed E-state index contributed by atoms with van der Waals surface area (Å²) in [5.41, 5.74) is -0.281. The highest BCUT2D eigenvalue weighted by molar-refractivity contribution is 9.10. The molecule has 0 aromatic heterocycles. The summed E-state index contributed by atoms with van der Waals surface area (Å²) in [5.74, 6) is -1.75. The van der Waals surface area contributed by atoms with Crippen LogP contribution in [0.5, 0.6) is 0 Å². The number of nitrogens with one attached hydrogen (secondary N) is 2. The fraction of sp³-hybridized carbons (Fsp3) is 0.455. The van der Waals surface area contributed by atoms with Crippen molar-refractivity contribution in [2.75, 3.05) is 17.8 Å². The lowest BCUT2D eigenvalue weighted by Crippen LogP contribution is -2.34. The number of hydrogen-bond acceptors (Lipinski definition) is 3. The summed E-state index contributed by atoms with van der Waals surface area (Å²) in [6.07, 6.45) is 0. The molecule has 0 aliphatic rings. The van der Waals surface area contributed by atoms with E-state index in [1.807, 2.05) is 6.92 Å². The number of halogens is 3. The van der Waals surface area contributed by atoms with Gasteiger partial charge in [0.1, 0.15) is 11.6 Å².